The molecule has 1 N–H and O–H groups in total. The maximum absolute atomic E-state index is 4.63. The van der Waals surface area contributed by atoms with E-state index in [1.807, 2.05) is 6.33 Å². The van der Waals surface area contributed by atoms with E-state index in [1.54, 1.807) is 6.33 Å². The Balaban J connectivity index is 1.21. The predicted molar refractivity (Wildman–Crippen MR) is 98.6 cm³/mol. The third-order valence-corrected chi connectivity index (χ3v) is 5.78. The molecule has 0 radical (unpaired) electrons. The molecule has 0 unspecified atom stereocenters. The first-order valence-electron chi connectivity index (χ1n) is 9.59. The summed E-state index contributed by atoms with van der Waals surface area (Å²) in [6.45, 7) is 3.75. The van der Waals surface area contributed by atoms with E-state index >= 15 is 0 Å². The minimum atomic E-state index is 0.583. The lowest BCUT2D eigenvalue weighted by molar-refractivity contribution is 0.641. The highest BCUT2D eigenvalue weighted by atomic mass is 15.3. The number of H-pyrrole nitrogens is 1. The molecule has 0 aromatic carbocycles. The highest BCUT2D eigenvalue weighted by Crippen LogP contribution is 2.40. The number of hydrogen-bond donors (Lipinski definition) is 1. The molecule has 4 heterocycles. The maximum atomic E-state index is 4.63. The smallest absolute Gasteiger partial charge is 0.165 e. The van der Waals surface area contributed by atoms with Gasteiger partial charge >= 0.3 is 0 Å². The number of rotatable bonds is 4. The normalized spacial score (nSPS) is 20.9. The van der Waals surface area contributed by atoms with Gasteiger partial charge in [-0.25, -0.2) is 15.0 Å². The van der Waals surface area contributed by atoms with Gasteiger partial charge in [-0.05, 0) is 25.7 Å². The number of nitrogens with zero attached hydrogens (tertiary/aromatic N) is 7. The highest BCUT2D eigenvalue weighted by molar-refractivity contribution is 5.83. The zero-order valence-electron chi connectivity index (χ0n) is 14.7. The number of aromatic amines is 1. The summed E-state index contributed by atoms with van der Waals surface area (Å²) in [5, 5.41) is 7.73. The van der Waals surface area contributed by atoms with Gasteiger partial charge in [-0.3, -0.25) is 5.10 Å². The van der Waals surface area contributed by atoms with Crippen LogP contribution in [-0.4, -0.2) is 55.9 Å². The fourth-order valence-electron chi connectivity index (χ4n) is 3.93. The molecule has 6 rings (SSSR count). The Labute approximate surface area is 151 Å². The fourth-order valence-corrected chi connectivity index (χ4v) is 3.93. The molecule has 0 bridgehead atoms. The van der Waals surface area contributed by atoms with Gasteiger partial charge in [0.1, 0.15) is 6.33 Å². The summed E-state index contributed by atoms with van der Waals surface area (Å²) in [7, 11) is 0. The lowest BCUT2D eigenvalue weighted by Crippen LogP contribution is -2.47. The average Bonchev–Trinajstić information content (AvgIpc) is 3.62. The number of anilines is 2. The van der Waals surface area contributed by atoms with Crippen molar-refractivity contribution < 1.29 is 0 Å². The van der Waals surface area contributed by atoms with E-state index < -0.39 is 0 Å². The topological polar surface area (TPSA) is 78.8 Å². The number of nitrogens with one attached hydrogen (secondary N) is 1. The third kappa shape index (κ3) is 2.35. The van der Waals surface area contributed by atoms with Crippen LogP contribution in [0.15, 0.2) is 18.7 Å². The van der Waals surface area contributed by atoms with Crippen molar-refractivity contribution in [3.05, 3.63) is 24.4 Å². The molecule has 2 saturated carbocycles. The van der Waals surface area contributed by atoms with Gasteiger partial charge in [-0.2, -0.15) is 5.10 Å². The van der Waals surface area contributed by atoms with E-state index in [4.69, 9.17) is 0 Å². The number of fused-ring (bicyclic) bond motifs is 1. The van der Waals surface area contributed by atoms with Gasteiger partial charge in [0.15, 0.2) is 22.8 Å². The van der Waals surface area contributed by atoms with Crippen LogP contribution in [0.2, 0.25) is 0 Å². The molecular formula is C18H22N8. The average molecular weight is 350 g/mol. The van der Waals surface area contributed by atoms with Crippen molar-refractivity contribution in [1.29, 1.82) is 0 Å². The zero-order valence-corrected chi connectivity index (χ0v) is 14.7. The van der Waals surface area contributed by atoms with Crippen LogP contribution in [0.3, 0.4) is 0 Å². The SMILES string of the molecule is c1nc(N2CCN(c3cc(C4CC4)[nH]n3)CC2)c2ncn(C3CC3)c2n1. The van der Waals surface area contributed by atoms with Gasteiger partial charge in [0, 0.05) is 49.9 Å². The lowest BCUT2D eigenvalue weighted by atomic mass is 10.2. The fraction of sp³-hybridized carbons (Fsp3) is 0.556. The maximum Gasteiger partial charge on any atom is 0.165 e. The molecule has 3 fully saturated rings. The lowest BCUT2D eigenvalue weighted by Gasteiger charge is -2.35. The molecule has 2 aliphatic carbocycles. The summed E-state index contributed by atoms with van der Waals surface area (Å²) in [4.78, 5) is 18.4. The van der Waals surface area contributed by atoms with Crippen LogP contribution in [0, 0.1) is 0 Å². The molecule has 0 amide bonds. The molecule has 8 nitrogen and oxygen atoms in total. The molecule has 8 heteroatoms. The molecule has 26 heavy (non-hydrogen) atoms. The van der Waals surface area contributed by atoms with Crippen LogP contribution in [0.25, 0.3) is 11.2 Å². The Kier molecular flexibility index (Phi) is 3.03. The Hall–Kier alpha value is -2.64. The van der Waals surface area contributed by atoms with Crippen molar-refractivity contribution in [1.82, 2.24) is 29.7 Å². The minimum absolute atomic E-state index is 0.583. The molecule has 0 spiro atoms. The molecule has 1 aliphatic heterocycles. The van der Waals surface area contributed by atoms with Gasteiger partial charge in [0.2, 0.25) is 0 Å². The van der Waals surface area contributed by atoms with Crippen molar-refractivity contribution in [3.63, 3.8) is 0 Å². The molecule has 134 valence electrons. The first kappa shape index (κ1) is 14.5. The first-order valence-corrected chi connectivity index (χ1v) is 9.59. The van der Waals surface area contributed by atoms with Gasteiger partial charge in [-0.1, -0.05) is 0 Å². The molecule has 1 saturated heterocycles. The van der Waals surface area contributed by atoms with Crippen LogP contribution in [0.5, 0.6) is 0 Å². The van der Waals surface area contributed by atoms with Crippen LogP contribution >= 0.6 is 0 Å². The second-order valence-electron chi connectivity index (χ2n) is 7.68. The summed E-state index contributed by atoms with van der Waals surface area (Å²) in [5.41, 5.74) is 3.20. The number of piperazine rings is 1. The van der Waals surface area contributed by atoms with Crippen molar-refractivity contribution in [2.45, 2.75) is 37.6 Å². The van der Waals surface area contributed by atoms with Crippen LogP contribution < -0.4 is 9.80 Å². The van der Waals surface area contributed by atoms with Crippen LogP contribution in [0.4, 0.5) is 11.6 Å². The second kappa shape index (κ2) is 5.43. The molecular weight excluding hydrogens is 328 g/mol. The number of imidazole rings is 1. The van der Waals surface area contributed by atoms with Gasteiger partial charge in [-0.15, -0.1) is 0 Å². The summed E-state index contributed by atoms with van der Waals surface area (Å²) >= 11 is 0. The minimum Gasteiger partial charge on any atom is -0.352 e. The summed E-state index contributed by atoms with van der Waals surface area (Å²) in [6.07, 6.45) is 8.67. The molecule has 0 atom stereocenters. The molecule has 3 aromatic rings. The summed E-state index contributed by atoms with van der Waals surface area (Å²) < 4.78 is 2.21. The van der Waals surface area contributed by atoms with Crippen LogP contribution in [0.1, 0.15) is 43.3 Å². The standard InChI is InChI=1S/C18H22N8/c1-2-12(1)14-9-15(23-22-14)24-5-7-25(8-6-24)17-16-18(20-10-19-17)26(11-21-16)13-3-4-13/h9-13H,1-8H2,(H,22,23). The highest BCUT2D eigenvalue weighted by Gasteiger charge is 2.29. The van der Waals surface area contributed by atoms with Crippen molar-refractivity contribution in [3.8, 4) is 0 Å². The van der Waals surface area contributed by atoms with Crippen molar-refractivity contribution >= 4 is 22.8 Å². The monoisotopic (exact) mass is 350 g/mol. The Morgan fingerprint density at radius 3 is 2.50 bits per heavy atom. The molecule has 3 aliphatic rings. The van der Waals surface area contributed by atoms with Gasteiger partial charge < -0.3 is 14.4 Å². The summed E-state index contributed by atoms with van der Waals surface area (Å²) in [5.74, 6) is 2.76. The van der Waals surface area contributed by atoms with E-state index in [1.165, 1.54) is 31.4 Å². The Bertz CT molecular complexity index is 943. The summed E-state index contributed by atoms with van der Waals surface area (Å²) in [6, 6.07) is 2.81. The Morgan fingerprint density at radius 1 is 0.923 bits per heavy atom. The van der Waals surface area contributed by atoms with E-state index in [9.17, 15) is 0 Å². The molecule has 3 aromatic heterocycles. The van der Waals surface area contributed by atoms with E-state index in [0.29, 0.717) is 12.0 Å². The second-order valence-corrected chi connectivity index (χ2v) is 7.68. The largest absolute Gasteiger partial charge is 0.352 e. The van der Waals surface area contributed by atoms with Crippen LogP contribution in [-0.2, 0) is 0 Å². The third-order valence-electron chi connectivity index (χ3n) is 5.78. The van der Waals surface area contributed by atoms with E-state index in [2.05, 4.69) is 45.6 Å². The predicted octanol–water partition coefficient (Wildman–Crippen LogP) is 2.09. The zero-order chi connectivity index (χ0) is 17.1. The Morgan fingerprint density at radius 2 is 1.73 bits per heavy atom. The van der Waals surface area contributed by atoms with Crippen molar-refractivity contribution in [2.24, 2.45) is 0 Å². The van der Waals surface area contributed by atoms with Crippen molar-refractivity contribution in [2.75, 3.05) is 36.0 Å². The number of hydrogen-bond acceptors (Lipinski definition) is 6. The van der Waals surface area contributed by atoms with Gasteiger partial charge in [0.25, 0.3) is 0 Å². The van der Waals surface area contributed by atoms with E-state index in [0.717, 1.165) is 49.0 Å². The number of aromatic nitrogens is 6. The first-order chi connectivity index (χ1) is 12.9. The quantitative estimate of drug-likeness (QED) is 0.776. The van der Waals surface area contributed by atoms with Gasteiger partial charge in [0.05, 0.1) is 6.33 Å². The van der Waals surface area contributed by atoms with E-state index in [-0.39, 0.29) is 0 Å².